The summed E-state index contributed by atoms with van der Waals surface area (Å²) < 4.78 is 0. The minimum absolute atomic E-state index is 1.10. The number of rotatable bonds is 0. The molecule has 0 saturated heterocycles. The summed E-state index contributed by atoms with van der Waals surface area (Å²) in [4.78, 5) is 5.97. The van der Waals surface area contributed by atoms with Crippen molar-refractivity contribution >= 4 is 56.3 Å². The highest BCUT2D eigenvalue weighted by Gasteiger charge is 2.16. The van der Waals surface area contributed by atoms with E-state index in [1.807, 2.05) is 34.7 Å². The number of benzene rings is 6. The van der Waals surface area contributed by atoms with Crippen molar-refractivity contribution in [2.75, 3.05) is 5.32 Å². The lowest BCUT2D eigenvalue weighted by molar-refractivity contribution is 1.26. The van der Waals surface area contributed by atoms with E-state index < -0.39 is 0 Å². The van der Waals surface area contributed by atoms with Gasteiger partial charge in [-0.1, -0.05) is 133 Å². The normalized spacial score (nSPS) is 11.6. The zero-order chi connectivity index (χ0) is 30.3. The Morgan fingerprint density at radius 2 is 0.867 bits per heavy atom. The molecule has 218 valence electrons. The molecule has 0 amide bonds. The maximum Gasteiger partial charge on any atom is 0.0526 e. The van der Waals surface area contributed by atoms with Crippen LogP contribution in [0, 0.1) is 0 Å². The van der Waals surface area contributed by atoms with E-state index in [4.69, 9.17) is 0 Å². The Morgan fingerprint density at radius 3 is 1.38 bits per heavy atom. The van der Waals surface area contributed by atoms with E-state index in [-0.39, 0.29) is 0 Å². The second kappa shape index (κ2) is 13.7. The Hall–Kier alpha value is -5.03. The van der Waals surface area contributed by atoms with Crippen molar-refractivity contribution in [3.8, 4) is 11.1 Å². The Labute approximate surface area is 272 Å². The quantitative estimate of drug-likeness (QED) is 0.177. The van der Waals surface area contributed by atoms with Gasteiger partial charge in [0.1, 0.15) is 0 Å². The molecule has 0 unspecified atom stereocenters. The Balaban J connectivity index is 0.000000101. The smallest absolute Gasteiger partial charge is 0.0526 e. The highest BCUT2D eigenvalue weighted by molar-refractivity contribution is 7.99. The van der Waals surface area contributed by atoms with Crippen molar-refractivity contribution in [3.05, 3.63) is 180 Å². The number of anilines is 2. The van der Waals surface area contributed by atoms with Gasteiger partial charge in [-0.3, -0.25) is 0 Å². The molecule has 0 radical (unpaired) electrons. The highest BCUT2D eigenvalue weighted by Crippen LogP contribution is 2.43. The van der Waals surface area contributed by atoms with Crippen LogP contribution in [0.25, 0.3) is 32.9 Å². The number of aromatic amines is 1. The molecule has 6 aromatic carbocycles. The van der Waals surface area contributed by atoms with Crippen LogP contribution in [-0.2, 0) is 6.42 Å². The summed E-state index contributed by atoms with van der Waals surface area (Å²) in [6, 6.07) is 54.9. The molecule has 4 heteroatoms. The molecule has 10 rings (SSSR count). The van der Waals surface area contributed by atoms with Crippen LogP contribution in [0.4, 0.5) is 11.4 Å². The van der Waals surface area contributed by atoms with Crippen LogP contribution in [0.15, 0.2) is 178 Å². The van der Waals surface area contributed by atoms with Crippen LogP contribution in [0.1, 0.15) is 11.1 Å². The molecule has 45 heavy (non-hydrogen) atoms. The summed E-state index contributed by atoms with van der Waals surface area (Å²) in [5, 5.41) is 10.1. The largest absolute Gasteiger partial charge is 0.355 e. The molecule has 1 aliphatic heterocycles. The number of H-pyrrole nitrogens is 1. The molecular formula is C41H32N2S2. The predicted molar refractivity (Wildman–Crippen MR) is 195 cm³/mol. The molecule has 2 nitrogen and oxygen atoms in total. The lowest BCUT2D eigenvalue weighted by Crippen LogP contribution is -1.98. The Kier molecular flexibility index (Phi) is 8.76. The van der Waals surface area contributed by atoms with Gasteiger partial charge in [0.15, 0.2) is 0 Å². The number of hydrogen-bond donors (Lipinski definition) is 2. The monoisotopic (exact) mass is 616 g/mol. The Morgan fingerprint density at radius 1 is 0.422 bits per heavy atom. The number of thiophene rings is 1. The molecule has 3 heterocycles. The van der Waals surface area contributed by atoms with Crippen molar-refractivity contribution < 1.29 is 0 Å². The van der Waals surface area contributed by atoms with E-state index >= 15 is 0 Å². The van der Waals surface area contributed by atoms with E-state index in [1.54, 1.807) is 11.3 Å². The molecule has 0 saturated carbocycles. The highest BCUT2D eigenvalue weighted by atomic mass is 32.2. The predicted octanol–water partition coefficient (Wildman–Crippen LogP) is 12.2. The van der Waals surface area contributed by atoms with Gasteiger partial charge in [-0.25, -0.2) is 0 Å². The molecule has 8 aromatic rings. The number of fused-ring (bicyclic) bond motifs is 8. The molecular weight excluding hydrogens is 585 g/mol. The maximum absolute atomic E-state index is 3.42. The number of para-hydroxylation sites is 4. The first-order chi connectivity index (χ1) is 22.3. The van der Waals surface area contributed by atoms with Crippen LogP contribution < -0.4 is 5.32 Å². The van der Waals surface area contributed by atoms with Crippen molar-refractivity contribution in [2.45, 2.75) is 16.2 Å². The topological polar surface area (TPSA) is 27.8 Å². The first-order valence-corrected chi connectivity index (χ1v) is 16.8. The van der Waals surface area contributed by atoms with Gasteiger partial charge >= 0.3 is 0 Å². The summed E-state index contributed by atoms with van der Waals surface area (Å²) in [7, 11) is 0. The van der Waals surface area contributed by atoms with Crippen molar-refractivity contribution in [1.29, 1.82) is 0 Å². The summed E-state index contributed by atoms with van der Waals surface area (Å²) >= 11 is 3.53. The molecule has 0 fully saturated rings. The number of nitrogens with one attached hydrogen (secondary N) is 2. The van der Waals surface area contributed by atoms with Crippen molar-refractivity contribution in [2.24, 2.45) is 0 Å². The summed E-state index contributed by atoms with van der Waals surface area (Å²) in [6.07, 6.45) is 1.10. The molecule has 1 aliphatic carbocycles. The van der Waals surface area contributed by atoms with E-state index in [1.165, 1.54) is 65.2 Å². The molecule has 2 N–H and O–H groups in total. The van der Waals surface area contributed by atoms with E-state index in [9.17, 15) is 0 Å². The van der Waals surface area contributed by atoms with Gasteiger partial charge in [0.2, 0.25) is 0 Å². The van der Waals surface area contributed by atoms with Crippen LogP contribution in [0.3, 0.4) is 0 Å². The van der Waals surface area contributed by atoms with Crippen LogP contribution in [0.5, 0.6) is 0 Å². The van der Waals surface area contributed by atoms with Crippen LogP contribution >= 0.6 is 23.1 Å². The van der Waals surface area contributed by atoms with Gasteiger partial charge in [0.25, 0.3) is 0 Å². The zero-order valence-corrected chi connectivity index (χ0v) is 26.3. The average Bonchev–Trinajstić information content (AvgIpc) is 3.88. The zero-order valence-electron chi connectivity index (χ0n) is 24.7. The third-order valence-electron chi connectivity index (χ3n) is 7.81. The van der Waals surface area contributed by atoms with Gasteiger partial charge in [-0.15, -0.1) is 0 Å². The fourth-order valence-corrected chi connectivity index (χ4v) is 7.13. The lowest BCUT2D eigenvalue weighted by Gasteiger charge is -2.19. The lowest BCUT2D eigenvalue weighted by atomic mass is 10.1. The number of aromatic nitrogens is 1. The van der Waals surface area contributed by atoms with Gasteiger partial charge in [0, 0.05) is 31.6 Å². The standard InChI is InChI=1S/C13H10.C12H9NS.C12H9N.C4H4S/c1-3-7-12-10(5-1)9-11-6-2-4-8-13(11)12;1-3-7-11-9(5-1)13-10-6-2-4-8-12(10)14-11;1-3-7-11-9(5-1)10-6-2-4-8-12(10)13-11;1-2-4-5-3-1/h1-8H,9H2;1-8,13H;1-8,13H;1-4H. The van der Waals surface area contributed by atoms with Crippen LogP contribution in [0.2, 0.25) is 0 Å². The minimum Gasteiger partial charge on any atom is -0.355 e. The minimum atomic E-state index is 1.10. The third-order valence-corrected chi connectivity index (χ3v) is 9.59. The van der Waals surface area contributed by atoms with Gasteiger partial charge in [-0.05, 0) is 75.8 Å². The second-order valence-corrected chi connectivity index (χ2v) is 12.6. The third kappa shape index (κ3) is 6.58. The van der Waals surface area contributed by atoms with Crippen LogP contribution in [-0.4, -0.2) is 4.98 Å². The molecule has 0 atom stereocenters. The average molecular weight is 617 g/mol. The van der Waals surface area contributed by atoms with E-state index in [2.05, 4.69) is 156 Å². The van der Waals surface area contributed by atoms with Gasteiger partial charge < -0.3 is 10.3 Å². The number of hydrogen-bond acceptors (Lipinski definition) is 3. The van der Waals surface area contributed by atoms with Crippen molar-refractivity contribution in [1.82, 2.24) is 4.98 Å². The fourth-order valence-electron chi connectivity index (χ4n) is 5.69. The summed E-state index contributed by atoms with van der Waals surface area (Å²) in [5.74, 6) is 0. The summed E-state index contributed by atoms with van der Waals surface area (Å²) in [6.45, 7) is 0. The molecule has 2 aliphatic rings. The van der Waals surface area contributed by atoms with E-state index in [0.717, 1.165) is 6.42 Å². The maximum atomic E-state index is 3.42. The molecule has 0 bridgehead atoms. The van der Waals surface area contributed by atoms with Crippen molar-refractivity contribution in [3.63, 3.8) is 0 Å². The molecule has 2 aromatic heterocycles. The van der Waals surface area contributed by atoms with Gasteiger partial charge in [0.05, 0.1) is 11.4 Å². The first kappa shape index (κ1) is 28.7. The van der Waals surface area contributed by atoms with E-state index in [0.29, 0.717) is 0 Å². The second-order valence-electron chi connectivity index (χ2n) is 10.7. The van der Waals surface area contributed by atoms with Gasteiger partial charge in [-0.2, -0.15) is 11.3 Å². The first-order valence-electron chi connectivity index (χ1n) is 15.1. The summed E-state index contributed by atoms with van der Waals surface area (Å²) in [5.41, 5.74) is 10.6. The molecule has 0 spiro atoms. The Bertz CT molecular complexity index is 1960. The SMILES string of the molecule is c1ccc2c(c1)Cc1ccccc1-2.c1ccc2c(c1)Nc1ccccc1S2.c1ccc2c(c1)[nH]c1ccccc12.c1ccsc1. The fraction of sp³-hybridized carbons (Fsp3) is 0.0244.